The van der Waals surface area contributed by atoms with E-state index in [0.717, 1.165) is 34.5 Å². The molecule has 5 heteroatoms. The molecule has 1 amide bonds. The summed E-state index contributed by atoms with van der Waals surface area (Å²) in [4.78, 5) is 17.4. The minimum absolute atomic E-state index is 0.0161. The molecule has 0 saturated carbocycles. The van der Waals surface area contributed by atoms with E-state index >= 15 is 0 Å². The maximum absolute atomic E-state index is 12.0. The van der Waals surface area contributed by atoms with Crippen molar-refractivity contribution in [1.29, 1.82) is 0 Å². The minimum Gasteiger partial charge on any atom is -0.461 e. The van der Waals surface area contributed by atoms with E-state index in [-0.39, 0.29) is 5.91 Å². The van der Waals surface area contributed by atoms with Gasteiger partial charge in [0.1, 0.15) is 11.3 Å². The Morgan fingerprint density at radius 3 is 2.95 bits per heavy atom. The summed E-state index contributed by atoms with van der Waals surface area (Å²) in [6, 6.07) is 7.64. The van der Waals surface area contributed by atoms with Crippen molar-refractivity contribution in [3.8, 4) is 0 Å². The van der Waals surface area contributed by atoms with Crippen LogP contribution in [0.4, 0.5) is 5.69 Å². The molecule has 0 aliphatic heterocycles. The molecule has 2 aromatic heterocycles. The number of rotatable bonds is 4. The highest BCUT2D eigenvalue weighted by molar-refractivity contribution is 7.09. The van der Waals surface area contributed by atoms with E-state index in [1.807, 2.05) is 43.6 Å². The zero-order chi connectivity index (χ0) is 14.8. The molecule has 3 rings (SSSR count). The number of amides is 1. The third-order valence-electron chi connectivity index (χ3n) is 3.35. The number of thiazole rings is 1. The van der Waals surface area contributed by atoms with Gasteiger partial charge in [-0.15, -0.1) is 11.3 Å². The quantitative estimate of drug-likeness (QED) is 0.790. The molecule has 1 aromatic carbocycles. The molecule has 3 aromatic rings. The van der Waals surface area contributed by atoms with E-state index in [0.29, 0.717) is 6.42 Å². The predicted molar refractivity (Wildman–Crippen MR) is 84.8 cm³/mol. The van der Waals surface area contributed by atoms with Gasteiger partial charge in [-0.25, -0.2) is 4.98 Å². The van der Waals surface area contributed by atoms with Crippen LogP contribution in [0, 0.1) is 13.8 Å². The number of aromatic nitrogens is 1. The molecule has 2 heterocycles. The molecule has 1 N–H and O–H groups in total. The van der Waals surface area contributed by atoms with E-state index in [9.17, 15) is 4.79 Å². The Morgan fingerprint density at radius 2 is 2.19 bits per heavy atom. The van der Waals surface area contributed by atoms with Crippen LogP contribution in [0.15, 0.2) is 34.2 Å². The number of anilines is 1. The first kappa shape index (κ1) is 13.8. The molecule has 0 atom stereocenters. The minimum atomic E-state index is 0.0161. The van der Waals surface area contributed by atoms with Crippen LogP contribution in [0.5, 0.6) is 0 Å². The van der Waals surface area contributed by atoms with Crippen molar-refractivity contribution in [1.82, 2.24) is 4.98 Å². The van der Waals surface area contributed by atoms with Gasteiger partial charge in [-0.3, -0.25) is 4.79 Å². The maximum Gasteiger partial charge on any atom is 0.224 e. The van der Waals surface area contributed by atoms with Gasteiger partial charge in [0.05, 0.1) is 11.2 Å². The van der Waals surface area contributed by atoms with Crippen LogP contribution in [0.25, 0.3) is 11.0 Å². The lowest BCUT2D eigenvalue weighted by Crippen LogP contribution is -2.12. The summed E-state index contributed by atoms with van der Waals surface area (Å²) in [5, 5.41) is 3.93. The number of aryl methyl sites for hydroxylation is 3. The normalized spacial score (nSPS) is 11.0. The van der Waals surface area contributed by atoms with Gasteiger partial charge in [0.2, 0.25) is 5.91 Å². The number of carbonyl (C=O) groups excluding carboxylic acids is 1. The summed E-state index contributed by atoms with van der Waals surface area (Å²) >= 11 is 1.60. The van der Waals surface area contributed by atoms with Crippen molar-refractivity contribution in [3.05, 3.63) is 46.1 Å². The highest BCUT2D eigenvalue weighted by Crippen LogP contribution is 2.23. The summed E-state index contributed by atoms with van der Waals surface area (Å²) in [6.45, 7) is 3.88. The summed E-state index contributed by atoms with van der Waals surface area (Å²) in [5.41, 5.74) is 4.47. The van der Waals surface area contributed by atoms with Gasteiger partial charge in [0.15, 0.2) is 0 Å². The molecular weight excluding hydrogens is 284 g/mol. The van der Waals surface area contributed by atoms with Gasteiger partial charge >= 0.3 is 0 Å². The number of carbonyl (C=O) groups is 1. The van der Waals surface area contributed by atoms with E-state index in [1.165, 1.54) is 4.88 Å². The van der Waals surface area contributed by atoms with Crippen LogP contribution >= 0.6 is 11.3 Å². The number of furan rings is 1. The lowest BCUT2D eigenvalue weighted by Gasteiger charge is -2.04. The molecule has 0 fully saturated rings. The Balaban J connectivity index is 1.64. The molecule has 108 valence electrons. The van der Waals surface area contributed by atoms with Gasteiger partial charge in [-0.2, -0.15) is 0 Å². The second-order valence-electron chi connectivity index (χ2n) is 5.02. The molecular formula is C16H16N2O2S. The Labute approximate surface area is 126 Å². The number of hydrogen-bond donors (Lipinski definition) is 1. The highest BCUT2D eigenvalue weighted by atomic mass is 32.1. The van der Waals surface area contributed by atoms with Crippen molar-refractivity contribution < 1.29 is 9.21 Å². The fraction of sp³-hybridized carbons (Fsp3) is 0.250. The van der Waals surface area contributed by atoms with E-state index in [1.54, 1.807) is 11.3 Å². The Bertz CT molecular complexity index is 789. The van der Waals surface area contributed by atoms with Crippen molar-refractivity contribution in [3.63, 3.8) is 0 Å². The van der Waals surface area contributed by atoms with Gasteiger partial charge in [0.25, 0.3) is 0 Å². The van der Waals surface area contributed by atoms with Gasteiger partial charge < -0.3 is 9.73 Å². The Kier molecular flexibility index (Phi) is 3.75. The van der Waals surface area contributed by atoms with Crippen molar-refractivity contribution >= 4 is 33.9 Å². The van der Waals surface area contributed by atoms with Gasteiger partial charge in [-0.1, -0.05) is 0 Å². The average molecular weight is 300 g/mol. The third kappa shape index (κ3) is 3.13. The van der Waals surface area contributed by atoms with Crippen LogP contribution in [0.3, 0.4) is 0 Å². The molecule has 0 saturated heterocycles. The van der Waals surface area contributed by atoms with Crippen LogP contribution in [-0.2, 0) is 11.2 Å². The number of fused-ring (bicyclic) bond motifs is 1. The topological polar surface area (TPSA) is 55.1 Å². The van der Waals surface area contributed by atoms with E-state index in [2.05, 4.69) is 10.3 Å². The zero-order valence-corrected chi connectivity index (χ0v) is 12.8. The fourth-order valence-corrected chi connectivity index (χ4v) is 3.05. The number of nitrogens with zero attached hydrogens (tertiary/aromatic N) is 1. The lowest BCUT2D eigenvalue weighted by atomic mass is 10.2. The second kappa shape index (κ2) is 5.69. The van der Waals surface area contributed by atoms with Crippen molar-refractivity contribution in [2.24, 2.45) is 0 Å². The first-order valence-corrected chi connectivity index (χ1v) is 7.69. The highest BCUT2D eigenvalue weighted by Gasteiger charge is 2.08. The lowest BCUT2D eigenvalue weighted by molar-refractivity contribution is -0.116. The summed E-state index contributed by atoms with van der Waals surface area (Å²) in [6.07, 6.45) is 1.20. The van der Waals surface area contributed by atoms with Crippen LogP contribution in [0.2, 0.25) is 0 Å². The number of nitrogens with one attached hydrogen (secondary N) is 1. The molecule has 0 radical (unpaired) electrons. The van der Waals surface area contributed by atoms with Gasteiger partial charge in [0, 0.05) is 22.4 Å². The first-order valence-electron chi connectivity index (χ1n) is 6.81. The van der Waals surface area contributed by atoms with Crippen LogP contribution in [-0.4, -0.2) is 10.9 Å². The predicted octanol–water partition coefficient (Wildman–Crippen LogP) is 4.08. The zero-order valence-electron chi connectivity index (χ0n) is 12.0. The number of benzene rings is 1. The smallest absolute Gasteiger partial charge is 0.224 e. The average Bonchev–Trinajstić information content (AvgIpc) is 3.00. The Hall–Kier alpha value is -2.14. The summed E-state index contributed by atoms with van der Waals surface area (Å²) in [5.74, 6) is 0.886. The standard InChI is InChI=1S/C16H16N2O2S/c1-10-7-12-8-13(3-4-14(12)20-10)18-16(19)6-5-15-11(2)17-9-21-15/h3-4,7-9H,5-6H2,1-2H3,(H,18,19). The summed E-state index contributed by atoms with van der Waals surface area (Å²) < 4.78 is 5.52. The SMILES string of the molecule is Cc1cc2cc(NC(=O)CCc3scnc3C)ccc2o1. The first-order chi connectivity index (χ1) is 10.1. The van der Waals surface area contributed by atoms with Crippen molar-refractivity contribution in [2.45, 2.75) is 26.7 Å². The second-order valence-corrected chi connectivity index (χ2v) is 5.96. The molecule has 0 bridgehead atoms. The third-order valence-corrected chi connectivity index (χ3v) is 4.34. The maximum atomic E-state index is 12.0. The molecule has 0 unspecified atom stereocenters. The van der Waals surface area contributed by atoms with E-state index < -0.39 is 0 Å². The van der Waals surface area contributed by atoms with Gasteiger partial charge in [-0.05, 0) is 44.5 Å². The molecule has 0 aliphatic rings. The molecule has 0 aliphatic carbocycles. The number of hydrogen-bond acceptors (Lipinski definition) is 4. The fourth-order valence-electron chi connectivity index (χ4n) is 2.27. The largest absolute Gasteiger partial charge is 0.461 e. The Morgan fingerprint density at radius 1 is 1.33 bits per heavy atom. The molecule has 0 spiro atoms. The summed E-state index contributed by atoms with van der Waals surface area (Å²) in [7, 11) is 0. The van der Waals surface area contributed by atoms with Crippen LogP contribution < -0.4 is 5.32 Å². The van der Waals surface area contributed by atoms with Crippen LogP contribution in [0.1, 0.15) is 22.8 Å². The monoisotopic (exact) mass is 300 g/mol. The van der Waals surface area contributed by atoms with E-state index in [4.69, 9.17) is 4.42 Å². The molecule has 21 heavy (non-hydrogen) atoms. The molecule has 4 nitrogen and oxygen atoms in total. The van der Waals surface area contributed by atoms with Crippen molar-refractivity contribution in [2.75, 3.05) is 5.32 Å².